The van der Waals surface area contributed by atoms with Gasteiger partial charge in [0.2, 0.25) is 0 Å². The van der Waals surface area contributed by atoms with Crippen LogP contribution in [0.5, 0.6) is 5.75 Å². The number of nitrogens with zero attached hydrogens (tertiary/aromatic N) is 1. The third-order valence-corrected chi connectivity index (χ3v) is 4.63. The molecule has 5 heteroatoms. The van der Waals surface area contributed by atoms with Crippen LogP contribution in [0.3, 0.4) is 0 Å². The summed E-state index contributed by atoms with van der Waals surface area (Å²) in [5, 5.41) is 2.84. The lowest BCUT2D eigenvalue weighted by Crippen LogP contribution is -2.44. The molecule has 26 heavy (non-hydrogen) atoms. The number of rotatable bonds is 5. The van der Waals surface area contributed by atoms with E-state index in [0.29, 0.717) is 17.0 Å². The highest BCUT2D eigenvalue weighted by Gasteiger charge is 2.23. The number of ether oxygens (including phenoxy) is 1. The van der Waals surface area contributed by atoms with E-state index in [2.05, 4.69) is 12.2 Å². The predicted molar refractivity (Wildman–Crippen MR) is 101 cm³/mol. The molecule has 0 bridgehead atoms. The second kappa shape index (κ2) is 8.52. The Balaban J connectivity index is 1.51. The van der Waals surface area contributed by atoms with Gasteiger partial charge in [-0.05, 0) is 62.6 Å². The van der Waals surface area contributed by atoms with Gasteiger partial charge in [0.05, 0.1) is 0 Å². The van der Waals surface area contributed by atoms with Crippen LogP contribution in [-0.2, 0) is 4.79 Å². The van der Waals surface area contributed by atoms with E-state index in [-0.39, 0.29) is 24.5 Å². The molecule has 1 heterocycles. The maximum atomic E-state index is 12.3. The Morgan fingerprint density at radius 3 is 2.50 bits per heavy atom. The van der Waals surface area contributed by atoms with E-state index in [4.69, 9.17) is 4.74 Å². The summed E-state index contributed by atoms with van der Waals surface area (Å²) in [6.07, 6.45) is 3.30. The third-order valence-electron chi connectivity index (χ3n) is 4.63. The topological polar surface area (TPSA) is 58.6 Å². The Bertz CT molecular complexity index is 744. The first-order valence-electron chi connectivity index (χ1n) is 9.02. The predicted octanol–water partition coefficient (Wildman–Crippen LogP) is 3.72. The molecule has 1 fully saturated rings. The van der Waals surface area contributed by atoms with Crippen LogP contribution in [0.25, 0.3) is 0 Å². The molecule has 0 saturated carbocycles. The van der Waals surface area contributed by atoms with Gasteiger partial charge in [0.15, 0.2) is 6.61 Å². The molecule has 1 aliphatic heterocycles. The van der Waals surface area contributed by atoms with Crippen LogP contribution in [-0.4, -0.2) is 35.9 Å². The number of nitrogens with one attached hydrogen (secondary N) is 1. The summed E-state index contributed by atoms with van der Waals surface area (Å²) in [7, 11) is 0. The molecule has 1 N–H and O–H groups in total. The molecule has 2 aromatic carbocycles. The van der Waals surface area contributed by atoms with Crippen molar-refractivity contribution in [1.82, 2.24) is 4.90 Å². The molecule has 3 rings (SSSR count). The zero-order chi connectivity index (χ0) is 18.4. The Hall–Kier alpha value is -2.82. The fourth-order valence-electron chi connectivity index (χ4n) is 3.12. The van der Waals surface area contributed by atoms with Gasteiger partial charge in [-0.15, -0.1) is 0 Å². The van der Waals surface area contributed by atoms with Gasteiger partial charge in [-0.2, -0.15) is 0 Å². The molecule has 1 aliphatic rings. The number of amides is 2. The van der Waals surface area contributed by atoms with Crippen molar-refractivity contribution >= 4 is 17.5 Å². The van der Waals surface area contributed by atoms with E-state index in [1.807, 2.05) is 23.1 Å². The lowest BCUT2D eigenvalue weighted by molar-refractivity contribution is -0.136. The molecular formula is C21H24N2O3. The van der Waals surface area contributed by atoms with Crippen LogP contribution in [0.4, 0.5) is 5.69 Å². The first-order valence-corrected chi connectivity index (χ1v) is 9.02. The number of piperidine rings is 1. The molecule has 0 unspecified atom stereocenters. The molecule has 1 atom stereocenters. The van der Waals surface area contributed by atoms with Crippen LogP contribution in [0, 0.1) is 0 Å². The summed E-state index contributed by atoms with van der Waals surface area (Å²) in [5.74, 6) is 0.480. The number of hydrogen-bond donors (Lipinski definition) is 1. The molecule has 0 aliphatic carbocycles. The van der Waals surface area contributed by atoms with Gasteiger partial charge in [0.25, 0.3) is 11.8 Å². The maximum absolute atomic E-state index is 12.3. The molecule has 0 spiro atoms. The van der Waals surface area contributed by atoms with Gasteiger partial charge < -0.3 is 15.0 Å². The molecule has 136 valence electrons. The summed E-state index contributed by atoms with van der Waals surface area (Å²) < 4.78 is 5.61. The molecule has 0 radical (unpaired) electrons. The van der Waals surface area contributed by atoms with Crippen molar-refractivity contribution in [2.24, 2.45) is 0 Å². The highest BCUT2D eigenvalue weighted by molar-refractivity contribution is 6.04. The Morgan fingerprint density at radius 2 is 1.81 bits per heavy atom. The van der Waals surface area contributed by atoms with Gasteiger partial charge in [-0.1, -0.05) is 18.2 Å². The summed E-state index contributed by atoms with van der Waals surface area (Å²) in [6, 6.07) is 16.4. The van der Waals surface area contributed by atoms with Crippen molar-refractivity contribution in [3.63, 3.8) is 0 Å². The summed E-state index contributed by atoms with van der Waals surface area (Å²) >= 11 is 0. The number of anilines is 1. The molecule has 2 amide bonds. The zero-order valence-electron chi connectivity index (χ0n) is 15.0. The van der Waals surface area contributed by atoms with Crippen molar-refractivity contribution in [2.45, 2.75) is 32.2 Å². The Kier molecular flexibility index (Phi) is 5.89. The second-order valence-corrected chi connectivity index (χ2v) is 6.57. The highest BCUT2D eigenvalue weighted by Crippen LogP contribution is 2.19. The van der Waals surface area contributed by atoms with Crippen LogP contribution < -0.4 is 10.1 Å². The van der Waals surface area contributed by atoms with Crippen LogP contribution in [0.15, 0.2) is 54.6 Å². The molecule has 1 saturated heterocycles. The third kappa shape index (κ3) is 4.63. The van der Waals surface area contributed by atoms with Crippen molar-refractivity contribution in [3.8, 4) is 5.75 Å². The smallest absolute Gasteiger partial charge is 0.260 e. The molecule has 0 aromatic heterocycles. The monoisotopic (exact) mass is 352 g/mol. The number of carbonyl (C=O) groups is 2. The van der Waals surface area contributed by atoms with Gasteiger partial charge in [0.1, 0.15) is 5.75 Å². The Morgan fingerprint density at radius 1 is 1.08 bits per heavy atom. The number of benzene rings is 2. The van der Waals surface area contributed by atoms with Gasteiger partial charge >= 0.3 is 0 Å². The lowest BCUT2D eigenvalue weighted by atomic mass is 10.0. The van der Waals surface area contributed by atoms with E-state index < -0.39 is 0 Å². The maximum Gasteiger partial charge on any atom is 0.260 e. The highest BCUT2D eigenvalue weighted by atomic mass is 16.5. The SMILES string of the molecule is C[C@@H]1CCCCN1C(=O)COc1ccc(NC(=O)c2ccccc2)cc1. The van der Waals surface area contributed by atoms with E-state index in [0.717, 1.165) is 19.4 Å². The summed E-state index contributed by atoms with van der Waals surface area (Å²) in [4.78, 5) is 26.3. The average Bonchev–Trinajstić information content (AvgIpc) is 2.68. The molecular weight excluding hydrogens is 328 g/mol. The van der Waals surface area contributed by atoms with Crippen molar-refractivity contribution in [3.05, 3.63) is 60.2 Å². The quantitative estimate of drug-likeness (QED) is 0.892. The average molecular weight is 352 g/mol. The minimum Gasteiger partial charge on any atom is -0.484 e. The molecule has 5 nitrogen and oxygen atoms in total. The number of likely N-dealkylation sites (tertiary alicyclic amines) is 1. The van der Waals surface area contributed by atoms with Crippen molar-refractivity contribution in [1.29, 1.82) is 0 Å². The fraction of sp³-hybridized carbons (Fsp3) is 0.333. The van der Waals surface area contributed by atoms with E-state index in [9.17, 15) is 9.59 Å². The lowest BCUT2D eigenvalue weighted by Gasteiger charge is -2.33. The number of carbonyl (C=O) groups excluding carboxylic acids is 2. The van der Waals surface area contributed by atoms with Crippen molar-refractivity contribution in [2.75, 3.05) is 18.5 Å². The van der Waals surface area contributed by atoms with Gasteiger partial charge in [-0.3, -0.25) is 9.59 Å². The fourth-order valence-corrected chi connectivity index (χ4v) is 3.12. The van der Waals surface area contributed by atoms with Crippen LogP contribution >= 0.6 is 0 Å². The van der Waals surface area contributed by atoms with Gasteiger partial charge in [0, 0.05) is 23.8 Å². The normalized spacial score (nSPS) is 16.8. The summed E-state index contributed by atoms with van der Waals surface area (Å²) in [5.41, 5.74) is 1.29. The first kappa shape index (κ1) is 18.0. The zero-order valence-corrected chi connectivity index (χ0v) is 15.0. The minimum atomic E-state index is -0.159. The molecule has 2 aromatic rings. The second-order valence-electron chi connectivity index (χ2n) is 6.57. The van der Waals surface area contributed by atoms with Crippen molar-refractivity contribution < 1.29 is 14.3 Å². The minimum absolute atomic E-state index is 0.0265. The standard InChI is InChI=1S/C21H24N2O3/c1-16-7-5-6-14-23(16)20(24)15-26-19-12-10-18(11-13-19)22-21(25)17-8-3-2-4-9-17/h2-4,8-13,16H,5-7,14-15H2,1H3,(H,22,25)/t16-/m1/s1. The van der Waals surface area contributed by atoms with E-state index >= 15 is 0 Å². The van der Waals surface area contributed by atoms with E-state index in [1.165, 1.54) is 6.42 Å². The van der Waals surface area contributed by atoms with Crippen LogP contribution in [0.2, 0.25) is 0 Å². The van der Waals surface area contributed by atoms with Gasteiger partial charge in [-0.25, -0.2) is 0 Å². The first-order chi connectivity index (χ1) is 12.6. The Labute approximate surface area is 154 Å². The number of hydrogen-bond acceptors (Lipinski definition) is 3. The van der Waals surface area contributed by atoms with E-state index in [1.54, 1.807) is 36.4 Å². The largest absolute Gasteiger partial charge is 0.484 e. The van der Waals surface area contributed by atoms with Crippen LogP contribution in [0.1, 0.15) is 36.5 Å². The summed E-state index contributed by atoms with van der Waals surface area (Å²) in [6.45, 7) is 2.94.